The Balaban J connectivity index is 1.11. The van der Waals surface area contributed by atoms with Gasteiger partial charge in [0.05, 0.1) is 16.8 Å². The van der Waals surface area contributed by atoms with Gasteiger partial charge in [-0.15, -0.1) is 0 Å². The van der Waals surface area contributed by atoms with Gasteiger partial charge in [-0.3, -0.25) is 0 Å². The summed E-state index contributed by atoms with van der Waals surface area (Å²) >= 11 is 1.89. The summed E-state index contributed by atoms with van der Waals surface area (Å²) in [5.74, 6) is 0.707. The van der Waals surface area contributed by atoms with E-state index in [2.05, 4.69) is 188 Å². The normalized spacial score (nSPS) is 13.3. The standard InChI is InChI=1S/C51H32N2S/c1-2-16-34(17-3-1)46-32-47(41-25-13-18-33-15-4-5-21-37(33)41)53-50(52-46)36-20-12-19-35(31-36)38-24-14-29-45-49(38)54-48-30-11-10-28-44(48)51(45)42-26-8-6-22-39(42)40-23-7-9-27-43(40)51/h1-32H. The second-order valence-corrected chi connectivity index (χ2v) is 15.1. The van der Waals surface area contributed by atoms with Gasteiger partial charge in [-0.05, 0) is 73.5 Å². The maximum Gasteiger partial charge on any atom is 0.160 e. The lowest BCUT2D eigenvalue weighted by Gasteiger charge is -2.40. The van der Waals surface area contributed by atoms with Gasteiger partial charge < -0.3 is 0 Å². The van der Waals surface area contributed by atoms with Gasteiger partial charge in [0.2, 0.25) is 0 Å². The van der Waals surface area contributed by atoms with Gasteiger partial charge in [0, 0.05) is 26.5 Å². The van der Waals surface area contributed by atoms with Crippen molar-refractivity contribution in [2.45, 2.75) is 15.2 Å². The van der Waals surface area contributed by atoms with Crippen LogP contribution in [0.25, 0.3) is 66.9 Å². The van der Waals surface area contributed by atoms with Crippen molar-refractivity contribution in [3.63, 3.8) is 0 Å². The molecule has 0 N–H and O–H groups in total. The molecule has 0 bridgehead atoms. The number of rotatable bonds is 4. The van der Waals surface area contributed by atoms with Crippen molar-refractivity contribution in [1.29, 1.82) is 0 Å². The minimum absolute atomic E-state index is 0.418. The fourth-order valence-corrected chi connectivity index (χ4v) is 10.2. The molecule has 2 heterocycles. The molecule has 1 aliphatic carbocycles. The summed E-state index contributed by atoms with van der Waals surface area (Å²) in [5, 5.41) is 2.37. The predicted octanol–water partition coefficient (Wildman–Crippen LogP) is 13.1. The molecule has 2 aliphatic rings. The molecular weight excluding hydrogens is 673 g/mol. The van der Waals surface area contributed by atoms with Gasteiger partial charge in [0.25, 0.3) is 0 Å². The van der Waals surface area contributed by atoms with Crippen molar-refractivity contribution in [3.05, 3.63) is 216 Å². The molecule has 1 aromatic heterocycles. The van der Waals surface area contributed by atoms with Crippen LogP contribution >= 0.6 is 11.8 Å². The highest BCUT2D eigenvalue weighted by molar-refractivity contribution is 7.99. The van der Waals surface area contributed by atoms with Crippen LogP contribution in [-0.4, -0.2) is 9.97 Å². The van der Waals surface area contributed by atoms with Crippen LogP contribution in [0.2, 0.25) is 0 Å². The summed E-state index contributed by atoms with van der Waals surface area (Å²) in [7, 11) is 0. The quantitative estimate of drug-likeness (QED) is 0.182. The van der Waals surface area contributed by atoms with E-state index < -0.39 is 5.41 Å². The zero-order chi connectivity index (χ0) is 35.6. The van der Waals surface area contributed by atoms with Gasteiger partial charge in [-0.25, -0.2) is 9.97 Å². The molecule has 0 radical (unpaired) electrons. The minimum atomic E-state index is -0.418. The Labute approximate surface area is 318 Å². The van der Waals surface area contributed by atoms with E-state index >= 15 is 0 Å². The fourth-order valence-electron chi connectivity index (χ4n) is 8.85. The van der Waals surface area contributed by atoms with E-state index in [0.29, 0.717) is 5.82 Å². The van der Waals surface area contributed by atoms with Crippen molar-refractivity contribution in [2.75, 3.05) is 0 Å². The van der Waals surface area contributed by atoms with Crippen molar-refractivity contribution < 1.29 is 0 Å². The van der Waals surface area contributed by atoms with Gasteiger partial charge in [-0.2, -0.15) is 0 Å². The van der Waals surface area contributed by atoms with Crippen molar-refractivity contribution in [2.24, 2.45) is 0 Å². The monoisotopic (exact) mass is 704 g/mol. The molecule has 0 saturated carbocycles. The molecule has 0 saturated heterocycles. The van der Waals surface area contributed by atoms with Crippen LogP contribution in [0.1, 0.15) is 22.3 Å². The second-order valence-electron chi connectivity index (χ2n) is 14.1. The molecule has 0 unspecified atom stereocenters. The van der Waals surface area contributed by atoms with Gasteiger partial charge in [-0.1, -0.05) is 188 Å². The number of hydrogen-bond acceptors (Lipinski definition) is 3. The highest BCUT2D eigenvalue weighted by atomic mass is 32.2. The average molecular weight is 705 g/mol. The molecule has 54 heavy (non-hydrogen) atoms. The van der Waals surface area contributed by atoms with Crippen LogP contribution < -0.4 is 0 Å². The zero-order valence-electron chi connectivity index (χ0n) is 29.3. The van der Waals surface area contributed by atoms with Crippen LogP contribution in [0, 0.1) is 0 Å². The molecule has 8 aromatic carbocycles. The summed E-state index contributed by atoms with van der Waals surface area (Å²) in [6.07, 6.45) is 0. The lowest BCUT2D eigenvalue weighted by molar-refractivity contribution is 0.723. The van der Waals surface area contributed by atoms with Gasteiger partial charge in [0.1, 0.15) is 0 Å². The van der Waals surface area contributed by atoms with E-state index in [4.69, 9.17) is 9.97 Å². The van der Waals surface area contributed by atoms with E-state index in [1.807, 2.05) is 17.8 Å². The minimum Gasteiger partial charge on any atom is -0.228 e. The lowest BCUT2D eigenvalue weighted by Crippen LogP contribution is -2.32. The first-order valence-electron chi connectivity index (χ1n) is 18.4. The lowest BCUT2D eigenvalue weighted by atomic mass is 9.67. The van der Waals surface area contributed by atoms with Crippen molar-refractivity contribution in [1.82, 2.24) is 9.97 Å². The molecule has 0 amide bonds. The Morgan fingerprint density at radius 1 is 0.370 bits per heavy atom. The smallest absolute Gasteiger partial charge is 0.160 e. The number of nitrogens with zero attached hydrogens (tertiary/aromatic N) is 2. The molecular formula is C51H32N2S. The fraction of sp³-hybridized carbons (Fsp3) is 0.0196. The molecule has 0 fully saturated rings. The van der Waals surface area contributed by atoms with Crippen molar-refractivity contribution >= 4 is 22.5 Å². The molecule has 1 spiro atoms. The van der Waals surface area contributed by atoms with Crippen LogP contribution in [0.15, 0.2) is 204 Å². The Kier molecular flexibility index (Phi) is 7.05. The Morgan fingerprint density at radius 3 is 1.76 bits per heavy atom. The van der Waals surface area contributed by atoms with Gasteiger partial charge >= 0.3 is 0 Å². The SMILES string of the molecule is c1ccc(-c2cc(-c3cccc4ccccc34)nc(-c3cccc(-c4cccc5c4Sc4ccccc4C54c5ccccc5-c5ccccc54)c3)n2)cc1. The summed E-state index contributed by atoms with van der Waals surface area (Å²) < 4.78 is 0. The molecule has 2 nitrogen and oxygen atoms in total. The highest BCUT2D eigenvalue weighted by Gasteiger charge is 2.50. The van der Waals surface area contributed by atoms with E-state index in [1.165, 1.54) is 59.5 Å². The topological polar surface area (TPSA) is 25.8 Å². The Hall–Kier alpha value is -6.55. The Morgan fingerprint density at radius 2 is 0.926 bits per heavy atom. The van der Waals surface area contributed by atoms with Gasteiger partial charge in [0.15, 0.2) is 5.82 Å². The molecule has 11 rings (SSSR count). The average Bonchev–Trinajstić information content (AvgIpc) is 3.54. The third kappa shape index (κ3) is 4.62. The van der Waals surface area contributed by atoms with E-state index in [9.17, 15) is 0 Å². The van der Waals surface area contributed by atoms with Crippen LogP contribution in [0.3, 0.4) is 0 Å². The molecule has 9 aromatic rings. The maximum atomic E-state index is 5.29. The van der Waals surface area contributed by atoms with Crippen LogP contribution in [-0.2, 0) is 5.41 Å². The highest BCUT2D eigenvalue weighted by Crippen LogP contribution is 2.63. The molecule has 0 atom stereocenters. The number of hydrogen-bond donors (Lipinski definition) is 0. The first-order valence-corrected chi connectivity index (χ1v) is 19.2. The molecule has 3 heteroatoms. The largest absolute Gasteiger partial charge is 0.228 e. The molecule has 1 aliphatic heterocycles. The number of aromatic nitrogens is 2. The Bertz CT molecular complexity index is 2880. The first-order chi connectivity index (χ1) is 26.8. The van der Waals surface area contributed by atoms with Crippen LogP contribution in [0.5, 0.6) is 0 Å². The number of fused-ring (bicyclic) bond motifs is 10. The van der Waals surface area contributed by atoms with E-state index in [0.717, 1.165) is 33.6 Å². The maximum absolute atomic E-state index is 5.29. The predicted molar refractivity (Wildman–Crippen MR) is 223 cm³/mol. The second kappa shape index (κ2) is 12.3. The summed E-state index contributed by atoms with van der Waals surface area (Å²) in [6.45, 7) is 0. The van der Waals surface area contributed by atoms with E-state index in [-0.39, 0.29) is 0 Å². The third-order valence-corrected chi connectivity index (χ3v) is 12.4. The summed E-state index contributed by atoms with van der Waals surface area (Å²) in [5.41, 5.74) is 14.9. The van der Waals surface area contributed by atoms with Crippen molar-refractivity contribution in [3.8, 4) is 56.2 Å². The van der Waals surface area contributed by atoms with Crippen LogP contribution in [0.4, 0.5) is 0 Å². The first kappa shape index (κ1) is 31.0. The van der Waals surface area contributed by atoms with E-state index in [1.54, 1.807) is 0 Å². The summed E-state index contributed by atoms with van der Waals surface area (Å²) in [6, 6.07) is 70.2. The summed E-state index contributed by atoms with van der Waals surface area (Å²) in [4.78, 5) is 13.1. The number of benzene rings is 8. The zero-order valence-corrected chi connectivity index (χ0v) is 30.1. The molecule has 252 valence electrons. The third-order valence-electron chi connectivity index (χ3n) is 11.2.